The molecule has 0 aromatic heterocycles. The number of amides is 2. The van der Waals surface area contributed by atoms with Gasteiger partial charge < -0.3 is 19.3 Å². The first kappa shape index (κ1) is 19.3. The van der Waals surface area contributed by atoms with Crippen molar-refractivity contribution in [1.29, 1.82) is 0 Å². The van der Waals surface area contributed by atoms with Gasteiger partial charge in [0.15, 0.2) is 0 Å². The zero-order chi connectivity index (χ0) is 19.6. The van der Waals surface area contributed by atoms with Crippen LogP contribution in [0.25, 0.3) is 0 Å². The summed E-state index contributed by atoms with van der Waals surface area (Å²) in [5.41, 5.74) is 0.0809. The first-order valence-electron chi connectivity index (χ1n) is 10.1. The van der Waals surface area contributed by atoms with Gasteiger partial charge in [0.2, 0.25) is 5.91 Å². The van der Waals surface area contributed by atoms with Crippen LogP contribution in [0.3, 0.4) is 0 Å². The molecule has 0 N–H and O–H groups in total. The van der Waals surface area contributed by atoms with Crippen molar-refractivity contribution < 1.29 is 23.5 Å². The average Bonchev–Trinajstić information content (AvgIpc) is 2.93. The quantitative estimate of drug-likeness (QED) is 0.778. The lowest BCUT2D eigenvalue weighted by Crippen LogP contribution is -2.55. The van der Waals surface area contributed by atoms with Gasteiger partial charge >= 0.3 is 0 Å². The number of morpholine rings is 1. The van der Waals surface area contributed by atoms with Gasteiger partial charge in [-0.05, 0) is 50.3 Å². The second kappa shape index (κ2) is 8.17. The van der Waals surface area contributed by atoms with Crippen LogP contribution >= 0.6 is 0 Å². The lowest BCUT2D eigenvalue weighted by Gasteiger charge is -2.42. The van der Waals surface area contributed by atoms with Crippen molar-refractivity contribution in [2.24, 2.45) is 5.92 Å². The molecule has 0 radical (unpaired) electrons. The highest BCUT2D eigenvalue weighted by atomic mass is 19.1. The molecule has 0 bridgehead atoms. The van der Waals surface area contributed by atoms with Gasteiger partial charge in [0.1, 0.15) is 12.4 Å². The van der Waals surface area contributed by atoms with E-state index in [1.54, 1.807) is 17.0 Å². The molecule has 3 fully saturated rings. The minimum absolute atomic E-state index is 0.00950. The number of carbonyl (C=O) groups excluding carboxylic acids is 2. The van der Waals surface area contributed by atoms with Crippen LogP contribution in [0.1, 0.15) is 32.1 Å². The van der Waals surface area contributed by atoms with Gasteiger partial charge in [0.25, 0.3) is 5.91 Å². The number of hydrogen-bond donors (Lipinski definition) is 0. The summed E-state index contributed by atoms with van der Waals surface area (Å²) in [6.45, 7) is 3.04. The number of rotatable bonds is 2. The van der Waals surface area contributed by atoms with Crippen molar-refractivity contribution in [3.8, 4) is 0 Å². The molecule has 0 saturated carbocycles. The van der Waals surface area contributed by atoms with Crippen molar-refractivity contribution in [2.45, 2.75) is 37.7 Å². The lowest BCUT2D eigenvalue weighted by atomic mass is 9.92. The molecule has 6 nitrogen and oxygen atoms in total. The fraction of sp³-hybridized carbons (Fsp3) is 0.619. The monoisotopic (exact) mass is 390 g/mol. The van der Waals surface area contributed by atoms with Gasteiger partial charge in [0.05, 0.1) is 12.1 Å². The number of carbonyl (C=O) groups is 2. The molecular formula is C21H27FN2O4. The third-order valence-corrected chi connectivity index (χ3v) is 6.15. The van der Waals surface area contributed by atoms with Crippen molar-refractivity contribution in [3.05, 3.63) is 30.1 Å². The zero-order valence-electron chi connectivity index (χ0n) is 16.1. The van der Waals surface area contributed by atoms with E-state index >= 15 is 0 Å². The maximum Gasteiger partial charge on any atom is 0.253 e. The molecule has 1 aromatic carbocycles. The van der Waals surface area contributed by atoms with Gasteiger partial charge in [-0.2, -0.15) is 0 Å². The summed E-state index contributed by atoms with van der Waals surface area (Å²) in [5, 5.41) is 0. The predicted octanol–water partition coefficient (Wildman–Crippen LogP) is 2.37. The second-order valence-corrected chi connectivity index (χ2v) is 8.00. The van der Waals surface area contributed by atoms with E-state index in [0.717, 1.165) is 32.2 Å². The SMILES string of the molecule is O=C(C1CCOCC1)N1CCCC2(CC1)CN(c1cccc(F)c1)C(=O)CO2. The fourth-order valence-corrected chi connectivity index (χ4v) is 4.49. The Balaban J connectivity index is 1.44. The Morgan fingerprint density at radius 1 is 1.18 bits per heavy atom. The minimum Gasteiger partial charge on any atom is -0.381 e. The average molecular weight is 390 g/mol. The third kappa shape index (κ3) is 4.05. The topological polar surface area (TPSA) is 59.1 Å². The first-order chi connectivity index (χ1) is 13.6. The molecule has 3 aliphatic heterocycles. The van der Waals surface area contributed by atoms with Gasteiger partial charge in [-0.1, -0.05) is 6.07 Å². The lowest BCUT2D eigenvalue weighted by molar-refractivity contribution is -0.142. The molecule has 0 aliphatic carbocycles. The summed E-state index contributed by atoms with van der Waals surface area (Å²) in [7, 11) is 0. The second-order valence-electron chi connectivity index (χ2n) is 8.00. The van der Waals surface area contributed by atoms with Crippen molar-refractivity contribution in [3.63, 3.8) is 0 Å². The summed E-state index contributed by atoms with van der Waals surface area (Å²) in [5.74, 6) is -0.245. The van der Waals surface area contributed by atoms with E-state index in [1.165, 1.54) is 12.1 Å². The molecule has 152 valence electrons. The predicted molar refractivity (Wildman–Crippen MR) is 101 cm³/mol. The summed E-state index contributed by atoms with van der Waals surface area (Å²) >= 11 is 0. The van der Waals surface area contributed by atoms with E-state index in [9.17, 15) is 14.0 Å². The summed E-state index contributed by atoms with van der Waals surface area (Å²) in [4.78, 5) is 28.9. The molecule has 3 heterocycles. The number of benzene rings is 1. The van der Waals surface area contributed by atoms with Crippen molar-refractivity contribution in [2.75, 3.05) is 44.4 Å². The van der Waals surface area contributed by atoms with Crippen LogP contribution in [-0.4, -0.2) is 61.8 Å². The minimum atomic E-state index is -0.481. The highest BCUT2D eigenvalue weighted by Gasteiger charge is 2.42. The Hall–Kier alpha value is -1.99. The Bertz CT molecular complexity index is 737. The van der Waals surface area contributed by atoms with Crippen LogP contribution in [0.2, 0.25) is 0 Å². The fourth-order valence-electron chi connectivity index (χ4n) is 4.49. The molecule has 1 atom stereocenters. The molecule has 28 heavy (non-hydrogen) atoms. The van der Waals surface area contributed by atoms with E-state index in [1.807, 2.05) is 4.90 Å². The van der Waals surface area contributed by atoms with Crippen LogP contribution < -0.4 is 4.90 Å². The van der Waals surface area contributed by atoms with Crippen molar-refractivity contribution >= 4 is 17.5 Å². The molecule has 4 rings (SSSR count). The number of likely N-dealkylation sites (tertiary alicyclic amines) is 1. The van der Waals surface area contributed by atoms with Crippen LogP contribution in [0.4, 0.5) is 10.1 Å². The van der Waals surface area contributed by atoms with Crippen LogP contribution in [0.15, 0.2) is 24.3 Å². The Labute approximate surface area is 164 Å². The molecule has 3 aliphatic rings. The molecule has 1 spiro atoms. The normalized spacial score (nSPS) is 27.1. The third-order valence-electron chi connectivity index (χ3n) is 6.15. The number of ether oxygens (including phenoxy) is 2. The number of nitrogens with zero attached hydrogens (tertiary/aromatic N) is 2. The molecule has 3 saturated heterocycles. The first-order valence-corrected chi connectivity index (χ1v) is 10.1. The highest BCUT2D eigenvalue weighted by molar-refractivity contribution is 5.95. The molecular weight excluding hydrogens is 363 g/mol. The van der Waals surface area contributed by atoms with Crippen molar-refractivity contribution in [1.82, 2.24) is 4.90 Å². The molecule has 1 unspecified atom stereocenters. The van der Waals surface area contributed by atoms with Crippen LogP contribution in [0, 0.1) is 11.7 Å². The van der Waals surface area contributed by atoms with Crippen LogP contribution in [-0.2, 0) is 19.1 Å². The summed E-state index contributed by atoms with van der Waals surface area (Å²) in [6.07, 6.45) is 3.88. The largest absolute Gasteiger partial charge is 0.381 e. The molecule has 7 heteroatoms. The van der Waals surface area contributed by atoms with E-state index in [0.29, 0.717) is 38.4 Å². The maximum atomic E-state index is 13.6. The van der Waals surface area contributed by atoms with E-state index < -0.39 is 5.60 Å². The van der Waals surface area contributed by atoms with E-state index in [2.05, 4.69) is 0 Å². The van der Waals surface area contributed by atoms with Gasteiger partial charge in [-0.15, -0.1) is 0 Å². The molecule has 1 aromatic rings. The number of hydrogen-bond acceptors (Lipinski definition) is 4. The van der Waals surface area contributed by atoms with Gasteiger partial charge in [-0.25, -0.2) is 4.39 Å². The summed E-state index contributed by atoms with van der Waals surface area (Å²) < 4.78 is 25.0. The summed E-state index contributed by atoms with van der Waals surface area (Å²) in [6, 6.07) is 6.11. The maximum absolute atomic E-state index is 13.6. The standard InChI is InChI=1S/C21H27FN2O4/c22-17-3-1-4-18(13-17)24-15-21(28-14-19(24)25)7-2-9-23(10-8-21)20(26)16-5-11-27-12-6-16/h1,3-4,13,16H,2,5-12,14-15H2. The highest BCUT2D eigenvalue weighted by Crippen LogP contribution is 2.33. The smallest absolute Gasteiger partial charge is 0.253 e. The number of halogens is 1. The Kier molecular flexibility index (Phi) is 5.64. The number of anilines is 1. The van der Waals surface area contributed by atoms with E-state index in [-0.39, 0.29) is 30.2 Å². The van der Waals surface area contributed by atoms with E-state index in [4.69, 9.17) is 9.47 Å². The zero-order valence-corrected chi connectivity index (χ0v) is 16.1. The van der Waals surface area contributed by atoms with Crippen LogP contribution in [0.5, 0.6) is 0 Å². The Morgan fingerprint density at radius 2 is 2.00 bits per heavy atom. The van der Waals surface area contributed by atoms with Gasteiger partial charge in [-0.3, -0.25) is 9.59 Å². The Morgan fingerprint density at radius 3 is 2.79 bits per heavy atom. The molecule has 2 amide bonds. The van der Waals surface area contributed by atoms with Gasteiger partial charge in [0, 0.05) is 37.9 Å².